The summed E-state index contributed by atoms with van der Waals surface area (Å²) in [5.74, 6) is 1.09. The van der Waals surface area contributed by atoms with Crippen LogP contribution in [0.3, 0.4) is 0 Å². The van der Waals surface area contributed by atoms with Gasteiger partial charge in [0.05, 0.1) is 26.5 Å². The van der Waals surface area contributed by atoms with Crippen molar-refractivity contribution in [3.63, 3.8) is 0 Å². The maximum Gasteiger partial charge on any atom is 0.263 e. The van der Waals surface area contributed by atoms with E-state index in [1.807, 2.05) is 30.3 Å². The maximum absolute atomic E-state index is 12.0. The molecule has 7 nitrogen and oxygen atoms in total. The van der Waals surface area contributed by atoms with E-state index in [2.05, 4.69) is 5.16 Å². The van der Waals surface area contributed by atoms with Crippen LogP contribution in [0.2, 0.25) is 5.02 Å². The number of morpholine rings is 1. The number of methoxy groups -OCH3 is 1. The fraction of sp³-hybridized carbons (Fsp3) is 0.333. The number of hydrogen-bond donors (Lipinski definition) is 0. The summed E-state index contributed by atoms with van der Waals surface area (Å²) in [6.07, 6.45) is 1.53. The molecular weight excluding hydrogens is 396 g/mol. The summed E-state index contributed by atoms with van der Waals surface area (Å²) < 4.78 is 16.4. The molecule has 0 saturated carbocycles. The van der Waals surface area contributed by atoms with E-state index in [0.717, 1.165) is 11.1 Å². The number of rotatable bonds is 8. The number of hydrogen-bond acceptors (Lipinski definition) is 6. The van der Waals surface area contributed by atoms with Gasteiger partial charge in [0.25, 0.3) is 5.91 Å². The highest BCUT2D eigenvalue weighted by Crippen LogP contribution is 2.28. The van der Waals surface area contributed by atoms with Gasteiger partial charge in [-0.3, -0.25) is 4.79 Å². The zero-order valence-electron chi connectivity index (χ0n) is 16.2. The van der Waals surface area contributed by atoms with E-state index in [0.29, 0.717) is 49.4 Å². The molecule has 8 heteroatoms. The lowest BCUT2D eigenvalue weighted by Crippen LogP contribution is -2.42. The third-order valence-corrected chi connectivity index (χ3v) is 4.58. The predicted octanol–water partition coefficient (Wildman–Crippen LogP) is 3.14. The van der Waals surface area contributed by atoms with Gasteiger partial charge in [-0.25, -0.2) is 0 Å². The molecule has 0 N–H and O–H groups in total. The average molecular weight is 419 g/mol. The normalized spacial score (nSPS) is 14.1. The first-order valence-electron chi connectivity index (χ1n) is 9.22. The van der Waals surface area contributed by atoms with Crippen LogP contribution in [0.1, 0.15) is 11.1 Å². The van der Waals surface area contributed by atoms with Gasteiger partial charge in [-0.1, -0.05) is 28.9 Å². The third kappa shape index (κ3) is 6.37. The van der Waals surface area contributed by atoms with Gasteiger partial charge in [0, 0.05) is 23.7 Å². The summed E-state index contributed by atoms with van der Waals surface area (Å²) in [5.41, 5.74) is 1.76. The van der Waals surface area contributed by atoms with E-state index in [9.17, 15) is 4.79 Å². The lowest BCUT2D eigenvalue weighted by Gasteiger charge is -2.26. The first-order valence-corrected chi connectivity index (χ1v) is 9.59. The number of halogens is 1. The van der Waals surface area contributed by atoms with Gasteiger partial charge in [0.2, 0.25) is 0 Å². The molecule has 2 aromatic carbocycles. The molecule has 0 radical (unpaired) electrons. The summed E-state index contributed by atoms with van der Waals surface area (Å²) in [4.78, 5) is 18.8. The molecule has 0 unspecified atom stereocenters. The molecule has 3 rings (SSSR count). The van der Waals surface area contributed by atoms with Crippen LogP contribution in [-0.2, 0) is 21.0 Å². The van der Waals surface area contributed by atoms with Crippen LogP contribution in [0.15, 0.2) is 47.6 Å². The number of carbonyl (C=O) groups is 1. The smallest absolute Gasteiger partial charge is 0.263 e. The molecule has 0 atom stereocenters. The van der Waals surface area contributed by atoms with Crippen LogP contribution < -0.4 is 9.47 Å². The van der Waals surface area contributed by atoms with Gasteiger partial charge in [-0.15, -0.1) is 0 Å². The van der Waals surface area contributed by atoms with Crippen molar-refractivity contribution in [2.75, 3.05) is 40.0 Å². The summed E-state index contributed by atoms with van der Waals surface area (Å²) >= 11 is 5.89. The number of amides is 1. The monoisotopic (exact) mass is 418 g/mol. The molecule has 29 heavy (non-hydrogen) atoms. The summed E-state index contributed by atoms with van der Waals surface area (Å²) in [6.45, 7) is 2.58. The standard InChI is InChI=1S/C21H23ClN2O5/c1-26-20-12-17(13-23-29-15-21(25)24-8-10-27-11-9-24)4-7-19(20)28-14-16-2-5-18(22)6-3-16/h2-7,12-13H,8-11,14-15H2,1H3/b23-13-. The minimum atomic E-state index is -0.103. The van der Waals surface area contributed by atoms with Crippen molar-refractivity contribution >= 4 is 23.7 Å². The first-order chi connectivity index (χ1) is 14.2. The average Bonchev–Trinajstić information content (AvgIpc) is 2.77. The Morgan fingerprint density at radius 2 is 1.93 bits per heavy atom. The number of carbonyl (C=O) groups excluding carboxylic acids is 1. The topological polar surface area (TPSA) is 69.6 Å². The molecule has 0 aromatic heterocycles. The van der Waals surface area contributed by atoms with E-state index in [1.54, 1.807) is 24.1 Å². The van der Waals surface area contributed by atoms with Gasteiger partial charge in [-0.2, -0.15) is 0 Å². The van der Waals surface area contributed by atoms with E-state index in [4.69, 9.17) is 30.6 Å². The van der Waals surface area contributed by atoms with Gasteiger partial charge in [0.15, 0.2) is 18.1 Å². The van der Waals surface area contributed by atoms with Crippen LogP contribution in [0.25, 0.3) is 0 Å². The van der Waals surface area contributed by atoms with Gasteiger partial charge >= 0.3 is 0 Å². The Labute approximate surface area is 174 Å². The molecule has 154 valence electrons. The molecule has 0 aliphatic carbocycles. The highest BCUT2D eigenvalue weighted by Gasteiger charge is 2.16. The van der Waals surface area contributed by atoms with Crippen LogP contribution in [0, 0.1) is 0 Å². The second-order valence-corrected chi connectivity index (χ2v) is 6.76. The van der Waals surface area contributed by atoms with Crippen molar-refractivity contribution in [2.45, 2.75) is 6.61 Å². The number of ether oxygens (including phenoxy) is 3. The van der Waals surface area contributed by atoms with Crippen LogP contribution in [0.4, 0.5) is 0 Å². The van der Waals surface area contributed by atoms with Crippen LogP contribution in [-0.4, -0.2) is 57.0 Å². The van der Waals surface area contributed by atoms with Crippen molar-refractivity contribution < 1.29 is 23.8 Å². The van der Waals surface area contributed by atoms with Crippen molar-refractivity contribution in [1.29, 1.82) is 0 Å². The molecule has 1 saturated heterocycles. The third-order valence-electron chi connectivity index (χ3n) is 4.32. The van der Waals surface area contributed by atoms with Crippen LogP contribution in [0.5, 0.6) is 11.5 Å². The molecule has 1 aliphatic rings. The Hall–Kier alpha value is -2.77. The molecular formula is C21H23ClN2O5. The van der Waals surface area contributed by atoms with Crippen LogP contribution >= 0.6 is 11.6 Å². The van der Waals surface area contributed by atoms with Gasteiger partial charge in [0.1, 0.15) is 6.61 Å². The second kappa shape index (κ2) is 10.7. The molecule has 0 spiro atoms. The Kier molecular flexibility index (Phi) is 7.72. The summed E-state index contributed by atoms with van der Waals surface area (Å²) in [7, 11) is 1.57. The van der Waals surface area contributed by atoms with Crippen molar-refractivity contribution in [3.05, 3.63) is 58.6 Å². The molecule has 1 aliphatic heterocycles. The minimum absolute atomic E-state index is 0.101. The Morgan fingerprint density at radius 3 is 2.66 bits per heavy atom. The molecule has 0 bridgehead atoms. The van der Waals surface area contributed by atoms with Gasteiger partial charge < -0.3 is 23.9 Å². The highest BCUT2D eigenvalue weighted by atomic mass is 35.5. The zero-order chi connectivity index (χ0) is 20.5. The summed E-state index contributed by atoms with van der Waals surface area (Å²) in [5, 5.41) is 4.55. The lowest BCUT2D eigenvalue weighted by molar-refractivity contribution is -0.140. The van der Waals surface area contributed by atoms with Gasteiger partial charge in [-0.05, 0) is 35.9 Å². The minimum Gasteiger partial charge on any atom is -0.493 e. The number of benzene rings is 2. The van der Waals surface area contributed by atoms with Crippen molar-refractivity contribution in [1.82, 2.24) is 4.90 Å². The number of oxime groups is 1. The fourth-order valence-corrected chi connectivity index (χ4v) is 2.85. The first kappa shape index (κ1) is 21.0. The van der Waals surface area contributed by atoms with E-state index >= 15 is 0 Å². The molecule has 1 heterocycles. The second-order valence-electron chi connectivity index (χ2n) is 6.33. The molecule has 2 aromatic rings. The molecule has 1 fully saturated rings. The van der Waals surface area contributed by atoms with E-state index in [-0.39, 0.29) is 12.5 Å². The fourth-order valence-electron chi connectivity index (χ4n) is 2.72. The SMILES string of the molecule is COc1cc(/C=N\OCC(=O)N2CCOCC2)ccc1OCc1ccc(Cl)cc1. The highest BCUT2D eigenvalue weighted by molar-refractivity contribution is 6.30. The van der Waals surface area contributed by atoms with Crippen molar-refractivity contribution in [2.24, 2.45) is 5.16 Å². The van der Waals surface area contributed by atoms with E-state index < -0.39 is 0 Å². The Morgan fingerprint density at radius 1 is 1.17 bits per heavy atom. The largest absolute Gasteiger partial charge is 0.493 e. The maximum atomic E-state index is 12.0. The lowest BCUT2D eigenvalue weighted by atomic mass is 10.2. The summed E-state index contributed by atoms with van der Waals surface area (Å²) in [6, 6.07) is 12.9. The Balaban J connectivity index is 1.51. The number of nitrogens with zero attached hydrogens (tertiary/aromatic N) is 2. The Bertz CT molecular complexity index is 835. The predicted molar refractivity (Wildman–Crippen MR) is 110 cm³/mol. The molecule has 1 amide bonds. The zero-order valence-corrected chi connectivity index (χ0v) is 16.9. The van der Waals surface area contributed by atoms with E-state index in [1.165, 1.54) is 6.21 Å². The van der Waals surface area contributed by atoms with Crippen molar-refractivity contribution in [3.8, 4) is 11.5 Å². The quantitative estimate of drug-likeness (QED) is 0.486.